The van der Waals surface area contributed by atoms with Crippen molar-refractivity contribution in [3.05, 3.63) is 102 Å². The van der Waals surface area contributed by atoms with Gasteiger partial charge < -0.3 is 5.32 Å². The lowest BCUT2D eigenvalue weighted by atomic mass is 10.1. The van der Waals surface area contributed by atoms with E-state index in [0.29, 0.717) is 22.2 Å². The van der Waals surface area contributed by atoms with Crippen LogP contribution in [-0.4, -0.2) is 25.7 Å². The second kappa shape index (κ2) is 9.67. The van der Waals surface area contributed by atoms with E-state index < -0.39 is 0 Å². The van der Waals surface area contributed by atoms with Gasteiger partial charge in [-0.05, 0) is 36.4 Å². The number of carbonyl (C=O) groups excluding carboxylic acids is 1. The van der Waals surface area contributed by atoms with Crippen molar-refractivity contribution in [2.45, 2.75) is 10.6 Å². The Morgan fingerprint density at radius 3 is 2.68 bits per heavy atom. The molecule has 0 bridgehead atoms. The molecule has 34 heavy (non-hydrogen) atoms. The summed E-state index contributed by atoms with van der Waals surface area (Å²) in [6.45, 7) is 0. The summed E-state index contributed by atoms with van der Waals surface area (Å²) in [5.41, 5.74) is 4.79. The van der Waals surface area contributed by atoms with E-state index in [1.807, 2.05) is 73.8 Å². The van der Waals surface area contributed by atoms with Crippen molar-refractivity contribution in [2.24, 2.45) is 7.05 Å². The summed E-state index contributed by atoms with van der Waals surface area (Å²) >= 11 is 8.12. The number of anilines is 1. The number of nitrogens with zero attached hydrogens (tertiary/aromatic N) is 4. The highest BCUT2D eigenvalue weighted by Crippen LogP contribution is 2.35. The van der Waals surface area contributed by atoms with Gasteiger partial charge in [0, 0.05) is 46.6 Å². The lowest BCUT2D eigenvalue weighted by molar-refractivity contribution is 0.102. The number of rotatable bonds is 6. The van der Waals surface area contributed by atoms with E-state index in [1.54, 1.807) is 35.0 Å². The van der Waals surface area contributed by atoms with Crippen molar-refractivity contribution >= 4 is 45.9 Å². The molecule has 6 nitrogen and oxygen atoms in total. The number of para-hydroxylation sites is 1. The number of hydrogen-bond donors (Lipinski definition) is 1. The third-order valence-corrected chi connectivity index (χ3v) is 6.95. The quantitative estimate of drug-likeness (QED) is 0.289. The van der Waals surface area contributed by atoms with Gasteiger partial charge >= 0.3 is 0 Å². The summed E-state index contributed by atoms with van der Waals surface area (Å²) in [7, 11) is 1.82. The molecule has 5 aromatic rings. The molecule has 0 atom stereocenters. The number of fused-ring (bicyclic) bond motifs is 1. The molecule has 0 aliphatic heterocycles. The van der Waals surface area contributed by atoms with Gasteiger partial charge in [0.1, 0.15) is 5.15 Å². The van der Waals surface area contributed by atoms with Crippen LogP contribution in [0.4, 0.5) is 5.69 Å². The number of carbonyl (C=O) groups is 1. The molecule has 1 amide bonds. The number of halogens is 1. The third kappa shape index (κ3) is 4.53. The van der Waals surface area contributed by atoms with Gasteiger partial charge in [-0.15, -0.1) is 11.8 Å². The van der Waals surface area contributed by atoms with Crippen LogP contribution in [0.2, 0.25) is 5.15 Å². The molecule has 0 saturated carbocycles. The Morgan fingerprint density at radius 2 is 1.82 bits per heavy atom. The fourth-order valence-corrected chi connectivity index (χ4v) is 5.02. The standard InChI is InChI=1S/C26H20ClN5OS/c1-32-25(27)21(24(31-32)17-10-12-28-13-11-17)16-34-23-9-5-3-7-20(23)26(33)30-19-14-18-6-2-4-8-22(18)29-15-19/h2-15H,16H2,1H3,(H,30,33). The van der Waals surface area contributed by atoms with E-state index in [1.165, 1.54) is 0 Å². The third-order valence-electron chi connectivity index (χ3n) is 5.37. The molecule has 168 valence electrons. The minimum atomic E-state index is -0.188. The maximum Gasteiger partial charge on any atom is 0.256 e. The van der Waals surface area contributed by atoms with Crippen LogP contribution in [0.25, 0.3) is 22.2 Å². The Morgan fingerprint density at radius 1 is 1.06 bits per heavy atom. The average molecular weight is 486 g/mol. The number of nitrogens with one attached hydrogen (secondary N) is 1. The largest absolute Gasteiger partial charge is 0.321 e. The molecular weight excluding hydrogens is 466 g/mol. The molecule has 3 heterocycles. The summed E-state index contributed by atoms with van der Waals surface area (Å²) in [5.74, 6) is 0.374. The topological polar surface area (TPSA) is 72.7 Å². The Bertz CT molecular complexity index is 1490. The van der Waals surface area contributed by atoms with E-state index in [-0.39, 0.29) is 5.91 Å². The molecule has 2 aromatic carbocycles. The maximum absolute atomic E-state index is 13.1. The second-order valence-corrected chi connectivity index (χ2v) is 9.01. The van der Waals surface area contributed by atoms with Crippen molar-refractivity contribution < 1.29 is 4.79 Å². The SMILES string of the molecule is Cn1nc(-c2ccncc2)c(CSc2ccccc2C(=O)Nc2cnc3ccccc3c2)c1Cl. The average Bonchev–Trinajstić information content (AvgIpc) is 3.16. The van der Waals surface area contributed by atoms with Crippen LogP contribution in [0, 0.1) is 0 Å². The first-order valence-corrected chi connectivity index (χ1v) is 12.0. The second-order valence-electron chi connectivity index (χ2n) is 7.63. The fourth-order valence-electron chi connectivity index (χ4n) is 3.68. The predicted octanol–water partition coefficient (Wildman–Crippen LogP) is 6.23. The number of benzene rings is 2. The summed E-state index contributed by atoms with van der Waals surface area (Å²) in [5, 5.41) is 9.11. The molecule has 0 unspecified atom stereocenters. The van der Waals surface area contributed by atoms with Gasteiger partial charge in [-0.1, -0.05) is 41.9 Å². The molecule has 1 N–H and O–H groups in total. The summed E-state index contributed by atoms with van der Waals surface area (Å²) < 4.78 is 1.67. The molecule has 5 rings (SSSR count). The fraction of sp³-hybridized carbons (Fsp3) is 0.0769. The van der Waals surface area contributed by atoms with Crippen LogP contribution < -0.4 is 5.32 Å². The highest BCUT2D eigenvalue weighted by molar-refractivity contribution is 7.98. The van der Waals surface area contributed by atoms with Crippen LogP contribution in [0.1, 0.15) is 15.9 Å². The number of amides is 1. The number of aromatic nitrogens is 4. The number of aryl methyl sites for hydroxylation is 1. The minimum Gasteiger partial charge on any atom is -0.321 e. The normalized spacial score (nSPS) is 11.0. The van der Waals surface area contributed by atoms with Crippen molar-refractivity contribution in [1.82, 2.24) is 19.7 Å². The van der Waals surface area contributed by atoms with Gasteiger partial charge in [0.05, 0.1) is 28.7 Å². The molecule has 0 radical (unpaired) electrons. The highest BCUT2D eigenvalue weighted by Gasteiger charge is 2.18. The van der Waals surface area contributed by atoms with E-state index in [4.69, 9.17) is 11.6 Å². The van der Waals surface area contributed by atoms with Crippen LogP contribution in [0.15, 0.2) is 90.2 Å². The molecule has 0 saturated heterocycles. The van der Waals surface area contributed by atoms with Gasteiger partial charge in [-0.2, -0.15) is 5.10 Å². The molecule has 3 aromatic heterocycles. The van der Waals surface area contributed by atoms with Crippen molar-refractivity contribution in [2.75, 3.05) is 5.32 Å². The molecule has 0 aliphatic rings. The van der Waals surface area contributed by atoms with Gasteiger partial charge in [0.25, 0.3) is 5.91 Å². The monoisotopic (exact) mass is 485 g/mol. The van der Waals surface area contributed by atoms with Gasteiger partial charge in [0.2, 0.25) is 0 Å². The van der Waals surface area contributed by atoms with Gasteiger partial charge in [-0.3, -0.25) is 19.4 Å². The van der Waals surface area contributed by atoms with Crippen LogP contribution in [0.5, 0.6) is 0 Å². The zero-order valence-electron chi connectivity index (χ0n) is 18.3. The number of pyridine rings is 2. The minimum absolute atomic E-state index is 0.188. The van der Waals surface area contributed by atoms with Crippen LogP contribution in [-0.2, 0) is 12.8 Å². The van der Waals surface area contributed by atoms with Gasteiger partial charge in [0.15, 0.2) is 0 Å². The molecule has 0 aliphatic carbocycles. The Balaban J connectivity index is 1.38. The first-order chi connectivity index (χ1) is 16.6. The van der Waals surface area contributed by atoms with Crippen molar-refractivity contribution in [3.8, 4) is 11.3 Å². The lowest BCUT2D eigenvalue weighted by Gasteiger charge is -2.11. The van der Waals surface area contributed by atoms with Crippen LogP contribution >= 0.6 is 23.4 Å². The van der Waals surface area contributed by atoms with E-state index in [9.17, 15) is 4.79 Å². The van der Waals surface area contributed by atoms with Crippen molar-refractivity contribution in [3.63, 3.8) is 0 Å². The Kier molecular flexibility index (Phi) is 6.29. The van der Waals surface area contributed by atoms with E-state index in [0.717, 1.165) is 32.6 Å². The lowest BCUT2D eigenvalue weighted by Crippen LogP contribution is -2.13. The van der Waals surface area contributed by atoms with E-state index >= 15 is 0 Å². The molecule has 0 spiro atoms. The predicted molar refractivity (Wildman–Crippen MR) is 137 cm³/mol. The zero-order chi connectivity index (χ0) is 23.5. The summed E-state index contributed by atoms with van der Waals surface area (Å²) in [6, 6.07) is 21.1. The molecule has 8 heteroatoms. The first kappa shape index (κ1) is 22.1. The summed E-state index contributed by atoms with van der Waals surface area (Å²) in [6.07, 6.45) is 5.14. The number of hydrogen-bond acceptors (Lipinski definition) is 5. The Labute approximate surface area is 206 Å². The smallest absolute Gasteiger partial charge is 0.256 e. The first-order valence-electron chi connectivity index (χ1n) is 10.6. The van der Waals surface area contributed by atoms with Crippen LogP contribution in [0.3, 0.4) is 0 Å². The van der Waals surface area contributed by atoms with E-state index in [2.05, 4.69) is 20.4 Å². The highest BCUT2D eigenvalue weighted by atomic mass is 35.5. The molecular formula is C26H20ClN5OS. The van der Waals surface area contributed by atoms with Gasteiger partial charge in [-0.25, -0.2) is 0 Å². The zero-order valence-corrected chi connectivity index (χ0v) is 19.8. The molecule has 0 fully saturated rings. The summed E-state index contributed by atoms with van der Waals surface area (Å²) in [4.78, 5) is 22.5. The Hall–Kier alpha value is -3.68. The van der Waals surface area contributed by atoms with Crippen molar-refractivity contribution in [1.29, 1.82) is 0 Å². The number of thioether (sulfide) groups is 1. The maximum atomic E-state index is 13.1.